The van der Waals surface area contributed by atoms with E-state index in [1.165, 1.54) is 5.57 Å². The Kier molecular flexibility index (Phi) is 7.09. The van der Waals surface area contributed by atoms with Gasteiger partial charge in [-0.2, -0.15) is 0 Å². The van der Waals surface area contributed by atoms with Crippen LogP contribution in [-0.2, 0) is 9.59 Å². The molecular weight excluding hydrogens is 540 g/mol. The first-order valence-corrected chi connectivity index (χ1v) is 17.3. The third kappa shape index (κ3) is 4.11. The minimum absolute atomic E-state index is 0.0111. The average Bonchev–Trinajstić information content (AvgIpc) is 3.49. The van der Waals surface area contributed by atoms with Gasteiger partial charge in [-0.25, -0.2) is 4.79 Å². The van der Waals surface area contributed by atoms with Gasteiger partial charge in [0.25, 0.3) is 0 Å². The van der Waals surface area contributed by atoms with Crippen molar-refractivity contribution in [2.24, 2.45) is 45.3 Å². The van der Waals surface area contributed by atoms with E-state index in [-0.39, 0.29) is 51.3 Å². The third-order valence-electron chi connectivity index (χ3n) is 15.0. The summed E-state index contributed by atoms with van der Waals surface area (Å²) in [5, 5.41) is 26.7. The highest BCUT2D eigenvalue weighted by Crippen LogP contribution is 2.75. The maximum Gasteiger partial charge on any atom is 0.405 e. The predicted octanol–water partition coefficient (Wildman–Crippen LogP) is 6.78. The van der Waals surface area contributed by atoms with Crippen LogP contribution in [0.3, 0.4) is 0 Å². The molecule has 4 N–H and O–H groups in total. The molecule has 0 saturated heterocycles. The smallest absolute Gasteiger partial charge is 0.405 e. The van der Waals surface area contributed by atoms with Crippen LogP contribution in [0, 0.1) is 45.3 Å². The molecule has 6 rings (SSSR count). The maximum absolute atomic E-state index is 14.1. The Morgan fingerprint density at radius 3 is 2.12 bits per heavy atom. The minimum atomic E-state index is -1.17. The van der Waals surface area contributed by atoms with Crippen LogP contribution < -0.4 is 10.6 Å². The van der Waals surface area contributed by atoms with Crippen molar-refractivity contribution in [2.75, 3.05) is 0 Å². The summed E-state index contributed by atoms with van der Waals surface area (Å²) in [4.78, 5) is 39.8. The van der Waals surface area contributed by atoms with E-state index in [0.29, 0.717) is 31.1 Å². The van der Waals surface area contributed by atoms with E-state index < -0.39 is 17.2 Å². The number of aliphatic hydroxyl groups is 1. The summed E-state index contributed by atoms with van der Waals surface area (Å²) >= 11 is 0. The number of carbonyl (C=O) groups is 3. The van der Waals surface area contributed by atoms with Gasteiger partial charge >= 0.3 is 6.09 Å². The lowest BCUT2D eigenvalue weighted by Crippen LogP contribution is -2.68. The monoisotopic (exact) mass is 596 g/mol. The van der Waals surface area contributed by atoms with Crippen molar-refractivity contribution in [3.63, 3.8) is 0 Å². The van der Waals surface area contributed by atoms with E-state index in [4.69, 9.17) is 0 Å². The molecule has 0 spiro atoms. The predicted molar refractivity (Wildman–Crippen MR) is 166 cm³/mol. The molecule has 6 aliphatic rings. The number of ketones is 1. The first kappa shape index (κ1) is 31.1. The van der Waals surface area contributed by atoms with Gasteiger partial charge in [-0.05, 0) is 121 Å². The fourth-order valence-electron chi connectivity index (χ4n) is 12.7. The highest BCUT2D eigenvalue weighted by molar-refractivity contribution is 6.03. The number of fused-ring (bicyclic) bond motifs is 7. The topological polar surface area (TPSA) is 116 Å². The lowest BCUT2D eigenvalue weighted by molar-refractivity contribution is -0.227. The Morgan fingerprint density at radius 1 is 0.814 bits per heavy atom. The summed E-state index contributed by atoms with van der Waals surface area (Å²) in [6.45, 7) is 16.4. The number of aliphatic hydroxyl groups excluding tert-OH is 1. The van der Waals surface area contributed by atoms with E-state index in [9.17, 15) is 24.6 Å². The Balaban J connectivity index is 1.40. The van der Waals surface area contributed by atoms with Crippen LogP contribution in [0.4, 0.5) is 4.79 Å². The van der Waals surface area contributed by atoms with Crippen molar-refractivity contribution < 1.29 is 24.6 Å². The second-order valence-corrected chi connectivity index (χ2v) is 17.3. The van der Waals surface area contributed by atoms with Gasteiger partial charge in [0.2, 0.25) is 5.91 Å². The molecule has 0 aromatic carbocycles. The molecule has 5 saturated carbocycles. The molecule has 0 aromatic heterocycles. The molecule has 0 bridgehead atoms. The van der Waals surface area contributed by atoms with E-state index in [1.54, 1.807) is 0 Å². The van der Waals surface area contributed by atoms with Crippen molar-refractivity contribution in [2.45, 2.75) is 149 Å². The fourth-order valence-corrected chi connectivity index (χ4v) is 12.7. The summed E-state index contributed by atoms with van der Waals surface area (Å²) < 4.78 is 0. The van der Waals surface area contributed by atoms with E-state index >= 15 is 0 Å². The number of carbonyl (C=O) groups excluding carboxylic acids is 2. The van der Waals surface area contributed by atoms with Crippen molar-refractivity contribution in [1.29, 1.82) is 0 Å². The molecule has 0 heterocycles. The molecule has 6 aliphatic carbocycles. The standard InChI is InChI=1S/C36H56N2O5/c1-21(2)27-23(39)20-36(37-29(41)35(38-30(42)43)14-8-9-15-35)19-18-33(6)22(28(27)36)10-11-25-32(5)16-13-26(40)31(3,4)24(32)12-17-34(25,33)7/h21-22,24-26,38,40H,8-20H2,1-7H3,(H,37,41)(H,42,43)/t22-,24+,25-,26+,32+,33-,34-,36-/m1/s1. The molecule has 240 valence electrons. The van der Waals surface area contributed by atoms with Crippen molar-refractivity contribution >= 4 is 17.8 Å². The number of hydrogen-bond acceptors (Lipinski definition) is 4. The Bertz CT molecular complexity index is 1250. The van der Waals surface area contributed by atoms with Crippen LogP contribution in [0.25, 0.3) is 0 Å². The first-order chi connectivity index (χ1) is 20.0. The molecule has 0 aromatic rings. The van der Waals surface area contributed by atoms with E-state index in [0.717, 1.165) is 69.8 Å². The number of carboxylic acid groups (broad SMARTS) is 1. The molecule has 7 nitrogen and oxygen atoms in total. The van der Waals surface area contributed by atoms with E-state index in [2.05, 4.69) is 59.1 Å². The van der Waals surface area contributed by atoms with Gasteiger partial charge in [0.05, 0.1) is 11.6 Å². The Morgan fingerprint density at radius 2 is 1.49 bits per heavy atom. The van der Waals surface area contributed by atoms with Gasteiger partial charge in [0, 0.05) is 6.42 Å². The van der Waals surface area contributed by atoms with Gasteiger partial charge in [0.1, 0.15) is 5.54 Å². The van der Waals surface area contributed by atoms with Gasteiger partial charge < -0.3 is 20.8 Å². The zero-order valence-corrected chi connectivity index (χ0v) is 27.7. The lowest BCUT2D eigenvalue weighted by atomic mass is 9.33. The van der Waals surface area contributed by atoms with Gasteiger partial charge in [-0.15, -0.1) is 0 Å². The third-order valence-corrected chi connectivity index (χ3v) is 15.0. The van der Waals surface area contributed by atoms with Crippen molar-refractivity contribution in [3.8, 4) is 0 Å². The molecule has 0 unspecified atom stereocenters. The largest absolute Gasteiger partial charge is 0.465 e. The quantitative estimate of drug-likeness (QED) is 0.286. The molecular formula is C36H56N2O5. The summed E-state index contributed by atoms with van der Waals surface area (Å²) in [6.07, 6.45) is 9.47. The molecule has 0 aliphatic heterocycles. The SMILES string of the molecule is CC(C)C1=C2[C@H]3CC[C@@H]4[C@@]5(C)CC[C@H](O)C(C)(C)[C@@H]5CC[C@@]4(C)[C@]3(C)CC[C@@]2(NC(=O)C2(NC(=O)O)CCCC2)CC1=O. The number of allylic oxidation sites excluding steroid dienone is 1. The van der Waals surface area contributed by atoms with Crippen LogP contribution in [0.2, 0.25) is 0 Å². The summed E-state index contributed by atoms with van der Waals surface area (Å²) in [6, 6.07) is 0. The van der Waals surface area contributed by atoms with Crippen LogP contribution in [-0.4, -0.2) is 45.2 Å². The average molecular weight is 597 g/mol. The van der Waals surface area contributed by atoms with Crippen LogP contribution in [0.15, 0.2) is 11.1 Å². The highest BCUT2D eigenvalue weighted by atomic mass is 16.4. The second kappa shape index (κ2) is 9.80. The second-order valence-electron chi connectivity index (χ2n) is 17.3. The van der Waals surface area contributed by atoms with Crippen LogP contribution in [0.5, 0.6) is 0 Å². The normalized spacial score (nSPS) is 44.7. The first-order valence-electron chi connectivity index (χ1n) is 17.3. The summed E-state index contributed by atoms with van der Waals surface area (Å²) in [7, 11) is 0. The maximum atomic E-state index is 14.1. The number of amides is 2. The number of Topliss-reactive ketones (excluding diaryl/α,β-unsaturated/α-hetero) is 1. The molecule has 2 amide bonds. The van der Waals surface area contributed by atoms with Gasteiger partial charge in [-0.3, -0.25) is 9.59 Å². The highest BCUT2D eigenvalue weighted by Gasteiger charge is 2.70. The number of rotatable bonds is 4. The minimum Gasteiger partial charge on any atom is -0.465 e. The zero-order chi connectivity index (χ0) is 31.4. The van der Waals surface area contributed by atoms with Crippen LogP contribution >= 0.6 is 0 Å². The number of nitrogens with one attached hydrogen (secondary N) is 2. The molecule has 5 fully saturated rings. The lowest BCUT2D eigenvalue weighted by Gasteiger charge is -2.72. The summed E-state index contributed by atoms with van der Waals surface area (Å²) in [5.41, 5.74) is 0.418. The Labute approximate surface area is 258 Å². The molecule has 0 radical (unpaired) electrons. The van der Waals surface area contributed by atoms with Gasteiger partial charge in [0.15, 0.2) is 5.78 Å². The van der Waals surface area contributed by atoms with Crippen molar-refractivity contribution in [3.05, 3.63) is 11.1 Å². The van der Waals surface area contributed by atoms with Crippen LogP contribution in [0.1, 0.15) is 132 Å². The zero-order valence-electron chi connectivity index (χ0n) is 27.7. The Hall–Kier alpha value is -1.89. The molecule has 7 heteroatoms. The van der Waals surface area contributed by atoms with Gasteiger partial charge in [-0.1, -0.05) is 61.3 Å². The van der Waals surface area contributed by atoms with Crippen molar-refractivity contribution in [1.82, 2.24) is 10.6 Å². The molecule has 8 atom stereocenters. The molecule has 43 heavy (non-hydrogen) atoms. The fraction of sp³-hybridized carbons (Fsp3) is 0.861. The van der Waals surface area contributed by atoms with E-state index in [1.807, 2.05) is 0 Å². The summed E-state index contributed by atoms with van der Waals surface area (Å²) in [5.74, 6) is 1.23. The number of hydrogen-bond donors (Lipinski definition) is 4.